The van der Waals surface area contributed by atoms with Crippen molar-refractivity contribution in [2.45, 2.75) is 50.5 Å². The van der Waals surface area contributed by atoms with E-state index in [1.54, 1.807) is 26.0 Å². The van der Waals surface area contributed by atoms with Crippen LogP contribution in [0.4, 0.5) is 5.82 Å². The van der Waals surface area contributed by atoms with Gasteiger partial charge < -0.3 is 19.5 Å². The summed E-state index contributed by atoms with van der Waals surface area (Å²) in [6.07, 6.45) is 1.73. The predicted octanol–water partition coefficient (Wildman–Crippen LogP) is 4.11. The van der Waals surface area contributed by atoms with Crippen LogP contribution in [0.1, 0.15) is 54.8 Å². The number of carbonyl (C=O) groups is 1. The van der Waals surface area contributed by atoms with E-state index >= 15 is 0 Å². The Morgan fingerprint density at radius 3 is 2.73 bits per heavy atom. The molecule has 3 heterocycles. The Balaban J connectivity index is 1.79. The van der Waals surface area contributed by atoms with E-state index in [0.29, 0.717) is 23.9 Å². The summed E-state index contributed by atoms with van der Waals surface area (Å²) < 4.78 is 18.8. The van der Waals surface area contributed by atoms with Crippen molar-refractivity contribution in [1.29, 1.82) is 0 Å². The molecule has 2 aliphatic rings. The van der Waals surface area contributed by atoms with Crippen LogP contribution in [-0.2, 0) is 9.53 Å². The van der Waals surface area contributed by atoms with Gasteiger partial charge in [-0.3, -0.25) is 4.79 Å². The van der Waals surface area contributed by atoms with Gasteiger partial charge in [0.05, 0.1) is 42.6 Å². The second kappa shape index (κ2) is 8.15. The fourth-order valence-corrected chi connectivity index (χ4v) is 5.54. The number of amides is 1. The van der Waals surface area contributed by atoms with Gasteiger partial charge in [0.25, 0.3) is 0 Å². The average molecular weight is 432 g/mol. The second-order valence-corrected chi connectivity index (χ2v) is 9.49. The number of nitrogens with one attached hydrogen (secondary N) is 1. The maximum absolute atomic E-state index is 12.6. The van der Waals surface area contributed by atoms with Crippen LogP contribution >= 0.6 is 11.8 Å². The molecule has 2 aliphatic heterocycles. The minimum atomic E-state index is -0.206. The molecule has 1 aromatic heterocycles. The Morgan fingerprint density at radius 2 is 2.03 bits per heavy atom. The zero-order valence-electron chi connectivity index (χ0n) is 18.2. The normalized spacial score (nSPS) is 23.3. The van der Waals surface area contributed by atoms with Crippen molar-refractivity contribution in [3.05, 3.63) is 35.0 Å². The van der Waals surface area contributed by atoms with E-state index in [0.717, 1.165) is 35.5 Å². The summed E-state index contributed by atoms with van der Waals surface area (Å²) >= 11 is 1.61. The van der Waals surface area contributed by atoms with E-state index < -0.39 is 0 Å². The van der Waals surface area contributed by atoms with Crippen LogP contribution in [0.15, 0.2) is 18.2 Å². The van der Waals surface area contributed by atoms with Gasteiger partial charge in [0, 0.05) is 12.2 Å². The highest BCUT2D eigenvalue weighted by molar-refractivity contribution is 8.00. The first kappa shape index (κ1) is 21.1. The number of nitrogens with zero attached hydrogens (tertiary/aromatic N) is 2. The van der Waals surface area contributed by atoms with Crippen LogP contribution in [0, 0.1) is 6.92 Å². The number of thioether (sulfide) groups is 1. The minimum Gasteiger partial charge on any atom is -0.493 e. The molecular formula is C22H29N3O4S. The lowest BCUT2D eigenvalue weighted by molar-refractivity contribution is -0.113. The standard InChI is InChI=1S/C22H29N3O4S/c1-13-19-20(14-6-7-16(27-4)17(10-14)28-5)30-12-18(26)23-21(19)25(24-13)15-8-9-29-22(2,3)11-15/h6-7,10,15,20H,8-9,11-12H2,1-5H3,(H,23,26)/t15-,20+/m0/s1. The lowest BCUT2D eigenvalue weighted by atomic mass is 9.94. The molecule has 2 atom stereocenters. The number of hydrogen-bond acceptors (Lipinski definition) is 6. The Kier molecular flexibility index (Phi) is 5.72. The first-order chi connectivity index (χ1) is 14.3. The first-order valence-electron chi connectivity index (χ1n) is 10.2. The summed E-state index contributed by atoms with van der Waals surface area (Å²) in [4.78, 5) is 12.6. The zero-order valence-corrected chi connectivity index (χ0v) is 19.0. The second-order valence-electron chi connectivity index (χ2n) is 8.40. The molecule has 1 fully saturated rings. The van der Waals surface area contributed by atoms with Gasteiger partial charge in [-0.1, -0.05) is 6.07 Å². The van der Waals surface area contributed by atoms with Crippen molar-refractivity contribution in [3.8, 4) is 11.5 Å². The highest BCUT2D eigenvalue weighted by atomic mass is 32.2. The smallest absolute Gasteiger partial charge is 0.235 e. The van der Waals surface area contributed by atoms with Crippen molar-refractivity contribution in [1.82, 2.24) is 9.78 Å². The summed E-state index contributed by atoms with van der Waals surface area (Å²) in [6.45, 7) is 6.92. The number of aromatic nitrogens is 2. The van der Waals surface area contributed by atoms with Crippen LogP contribution in [0.2, 0.25) is 0 Å². The number of aryl methyl sites for hydroxylation is 1. The largest absolute Gasteiger partial charge is 0.493 e. The van der Waals surface area contributed by atoms with Gasteiger partial charge in [-0.05, 0) is 51.3 Å². The highest BCUT2D eigenvalue weighted by Crippen LogP contribution is 2.46. The Morgan fingerprint density at radius 1 is 1.27 bits per heavy atom. The van der Waals surface area contributed by atoms with Gasteiger partial charge in [-0.15, -0.1) is 11.8 Å². The minimum absolute atomic E-state index is 0.00306. The molecule has 0 saturated carbocycles. The van der Waals surface area contributed by atoms with E-state index in [2.05, 4.69) is 19.2 Å². The molecule has 1 aromatic carbocycles. The van der Waals surface area contributed by atoms with Crippen LogP contribution < -0.4 is 14.8 Å². The molecule has 2 aromatic rings. The fourth-order valence-electron chi connectivity index (χ4n) is 4.36. The fraction of sp³-hybridized carbons (Fsp3) is 0.545. The molecule has 1 N–H and O–H groups in total. The number of carbonyl (C=O) groups excluding carboxylic acids is 1. The molecule has 0 radical (unpaired) electrons. The van der Waals surface area contributed by atoms with Crippen LogP contribution in [-0.4, -0.2) is 47.9 Å². The maximum atomic E-state index is 12.6. The van der Waals surface area contributed by atoms with Gasteiger partial charge in [0.15, 0.2) is 11.5 Å². The number of anilines is 1. The Hall–Kier alpha value is -2.19. The summed E-state index contributed by atoms with van der Waals surface area (Å²) in [5.41, 5.74) is 2.85. The molecule has 1 amide bonds. The number of hydrogen-bond donors (Lipinski definition) is 1. The van der Waals surface area contributed by atoms with Gasteiger partial charge in [-0.2, -0.15) is 5.10 Å². The first-order valence-corrected chi connectivity index (χ1v) is 11.2. The Labute approximate surface area is 181 Å². The number of methoxy groups -OCH3 is 2. The van der Waals surface area contributed by atoms with E-state index in [4.69, 9.17) is 19.3 Å². The quantitative estimate of drug-likeness (QED) is 0.785. The number of benzene rings is 1. The third-order valence-corrected chi connectivity index (χ3v) is 7.03. The van der Waals surface area contributed by atoms with Crippen molar-refractivity contribution >= 4 is 23.5 Å². The van der Waals surface area contributed by atoms with E-state index in [-0.39, 0.29) is 22.8 Å². The summed E-state index contributed by atoms with van der Waals surface area (Å²) in [6, 6.07) is 6.12. The Bertz CT molecular complexity index is 956. The van der Waals surface area contributed by atoms with Gasteiger partial charge in [0.1, 0.15) is 5.82 Å². The van der Waals surface area contributed by atoms with Crippen molar-refractivity contribution in [2.24, 2.45) is 0 Å². The molecule has 0 unspecified atom stereocenters. The van der Waals surface area contributed by atoms with Gasteiger partial charge >= 0.3 is 0 Å². The van der Waals surface area contributed by atoms with Crippen molar-refractivity contribution < 1.29 is 19.0 Å². The lowest BCUT2D eigenvalue weighted by Gasteiger charge is -2.36. The highest BCUT2D eigenvalue weighted by Gasteiger charge is 2.36. The van der Waals surface area contributed by atoms with Crippen molar-refractivity contribution in [2.75, 3.05) is 31.9 Å². The lowest BCUT2D eigenvalue weighted by Crippen LogP contribution is -2.36. The molecule has 0 bridgehead atoms. The van der Waals surface area contributed by atoms with Crippen molar-refractivity contribution in [3.63, 3.8) is 0 Å². The molecule has 162 valence electrons. The predicted molar refractivity (Wildman–Crippen MR) is 118 cm³/mol. The van der Waals surface area contributed by atoms with E-state index in [1.165, 1.54) is 0 Å². The molecule has 30 heavy (non-hydrogen) atoms. The van der Waals surface area contributed by atoms with Gasteiger partial charge in [0.2, 0.25) is 5.91 Å². The molecule has 7 nitrogen and oxygen atoms in total. The summed E-state index contributed by atoms with van der Waals surface area (Å²) in [7, 11) is 3.26. The van der Waals surface area contributed by atoms with E-state index in [1.807, 2.05) is 29.8 Å². The monoisotopic (exact) mass is 431 g/mol. The molecule has 8 heteroatoms. The number of rotatable bonds is 4. The third-order valence-electron chi connectivity index (χ3n) is 5.76. The number of ether oxygens (including phenoxy) is 3. The van der Waals surface area contributed by atoms with Gasteiger partial charge in [-0.25, -0.2) is 4.68 Å². The molecular weight excluding hydrogens is 402 g/mol. The van der Waals surface area contributed by atoms with Crippen LogP contribution in [0.5, 0.6) is 11.5 Å². The topological polar surface area (TPSA) is 74.6 Å². The SMILES string of the molecule is COc1ccc([C@H]2SCC(=O)Nc3c2c(C)nn3[C@H]2CCOC(C)(C)C2)cc1OC. The molecule has 4 rings (SSSR count). The molecule has 1 saturated heterocycles. The molecule has 0 aliphatic carbocycles. The maximum Gasteiger partial charge on any atom is 0.235 e. The summed E-state index contributed by atoms with van der Waals surface area (Å²) in [5, 5.41) is 7.99. The zero-order chi connectivity index (χ0) is 21.5. The summed E-state index contributed by atoms with van der Waals surface area (Å²) in [5.74, 6) is 2.55. The number of fused-ring (bicyclic) bond motifs is 1. The van der Waals surface area contributed by atoms with Crippen LogP contribution in [0.25, 0.3) is 0 Å². The average Bonchev–Trinajstić information content (AvgIpc) is 2.92. The third kappa shape index (κ3) is 3.90. The van der Waals surface area contributed by atoms with E-state index in [9.17, 15) is 4.79 Å². The molecule has 0 spiro atoms. The van der Waals surface area contributed by atoms with Crippen LogP contribution in [0.3, 0.4) is 0 Å².